The van der Waals surface area contributed by atoms with Crippen molar-refractivity contribution in [1.29, 1.82) is 0 Å². The predicted molar refractivity (Wildman–Crippen MR) is 83.3 cm³/mol. The highest BCUT2D eigenvalue weighted by molar-refractivity contribution is 6.01. The number of aromatic nitrogens is 4. The minimum Gasteiger partial charge on any atom is -0.382 e. The van der Waals surface area contributed by atoms with Crippen LogP contribution in [0.2, 0.25) is 0 Å². The van der Waals surface area contributed by atoms with Crippen LogP contribution in [0, 0.1) is 6.92 Å². The summed E-state index contributed by atoms with van der Waals surface area (Å²) in [6.07, 6.45) is 0. The molecule has 3 rings (SSSR count). The first-order chi connectivity index (χ1) is 11.1. The van der Waals surface area contributed by atoms with Crippen molar-refractivity contribution in [2.45, 2.75) is 13.5 Å². The Balaban J connectivity index is 1.88. The molecule has 0 radical (unpaired) electrons. The van der Waals surface area contributed by atoms with Gasteiger partial charge in [-0.05, 0) is 12.5 Å². The number of benzene rings is 1. The average Bonchev–Trinajstić information content (AvgIpc) is 3.13. The SMILES string of the molecule is Cc1noc(CN(C)C(=O)c2[nH]nc(N)c2-c2ccccc2)n1. The molecule has 2 heterocycles. The van der Waals surface area contributed by atoms with Crippen LogP contribution < -0.4 is 5.73 Å². The summed E-state index contributed by atoms with van der Waals surface area (Å²) in [6, 6.07) is 9.39. The van der Waals surface area contributed by atoms with E-state index in [1.54, 1.807) is 14.0 Å². The Labute approximate surface area is 132 Å². The summed E-state index contributed by atoms with van der Waals surface area (Å²) in [4.78, 5) is 18.2. The lowest BCUT2D eigenvalue weighted by Gasteiger charge is -2.14. The maximum absolute atomic E-state index is 12.7. The number of aromatic amines is 1. The van der Waals surface area contributed by atoms with E-state index < -0.39 is 0 Å². The average molecular weight is 312 g/mol. The summed E-state index contributed by atoms with van der Waals surface area (Å²) in [5.74, 6) is 0.911. The molecule has 0 saturated heterocycles. The number of aryl methyl sites for hydroxylation is 1. The van der Waals surface area contributed by atoms with E-state index >= 15 is 0 Å². The molecule has 1 aromatic carbocycles. The van der Waals surface area contributed by atoms with Gasteiger partial charge in [0, 0.05) is 7.05 Å². The van der Waals surface area contributed by atoms with Crippen LogP contribution in [0.4, 0.5) is 5.82 Å². The van der Waals surface area contributed by atoms with Crippen LogP contribution in [-0.2, 0) is 6.54 Å². The minimum absolute atomic E-state index is 0.201. The van der Waals surface area contributed by atoms with E-state index in [1.807, 2.05) is 30.3 Å². The third-order valence-corrected chi connectivity index (χ3v) is 3.36. The number of nitrogens with two attached hydrogens (primary N) is 1. The molecule has 0 bridgehead atoms. The number of nitrogen functional groups attached to an aromatic ring is 1. The first-order valence-corrected chi connectivity index (χ1v) is 7.00. The fraction of sp³-hybridized carbons (Fsp3) is 0.200. The van der Waals surface area contributed by atoms with Crippen molar-refractivity contribution in [2.24, 2.45) is 0 Å². The highest BCUT2D eigenvalue weighted by Gasteiger charge is 2.23. The van der Waals surface area contributed by atoms with E-state index in [9.17, 15) is 4.79 Å². The molecule has 3 aromatic rings. The molecule has 0 unspecified atom stereocenters. The zero-order chi connectivity index (χ0) is 16.4. The Morgan fingerprint density at radius 1 is 1.35 bits per heavy atom. The van der Waals surface area contributed by atoms with Crippen LogP contribution in [0.5, 0.6) is 0 Å². The normalized spacial score (nSPS) is 10.7. The zero-order valence-corrected chi connectivity index (χ0v) is 12.8. The molecule has 0 saturated carbocycles. The second-order valence-electron chi connectivity index (χ2n) is 5.12. The van der Waals surface area contributed by atoms with Gasteiger partial charge < -0.3 is 15.2 Å². The second kappa shape index (κ2) is 5.91. The van der Waals surface area contributed by atoms with Crippen LogP contribution in [0.1, 0.15) is 22.2 Å². The van der Waals surface area contributed by atoms with Gasteiger partial charge >= 0.3 is 0 Å². The Kier molecular flexibility index (Phi) is 3.80. The first-order valence-electron chi connectivity index (χ1n) is 7.00. The summed E-state index contributed by atoms with van der Waals surface area (Å²) in [5, 5.41) is 10.4. The minimum atomic E-state index is -0.260. The monoisotopic (exact) mass is 312 g/mol. The number of nitrogens with one attached hydrogen (secondary N) is 1. The van der Waals surface area contributed by atoms with Crippen molar-refractivity contribution in [3.05, 3.63) is 47.7 Å². The summed E-state index contributed by atoms with van der Waals surface area (Å²) < 4.78 is 5.04. The highest BCUT2D eigenvalue weighted by atomic mass is 16.5. The van der Waals surface area contributed by atoms with E-state index in [0.29, 0.717) is 23.0 Å². The van der Waals surface area contributed by atoms with Crippen LogP contribution in [0.15, 0.2) is 34.9 Å². The maximum Gasteiger partial charge on any atom is 0.272 e. The lowest BCUT2D eigenvalue weighted by molar-refractivity contribution is 0.0764. The van der Waals surface area contributed by atoms with Crippen molar-refractivity contribution in [3.8, 4) is 11.1 Å². The third kappa shape index (κ3) is 2.91. The number of amides is 1. The summed E-state index contributed by atoms with van der Waals surface area (Å²) in [7, 11) is 1.65. The number of hydrogen-bond donors (Lipinski definition) is 2. The second-order valence-corrected chi connectivity index (χ2v) is 5.12. The van der Waals surface area contributed by atoms with Crippen LogP contribution in [0.25, 0.3) is 11.1 Å². The van der Waals surface area contributed by atoms with E-state index in [-0.39, 0.29) is 18.3 Å². The third-order valence-electron chi connectivity index (χ3n) is 3.36. The molecular weight excluding hydrogens is 296 g/mol. The van der Waals surface area contributed by atoms with Gasteiger partial charge in [0.1, 0.15) is 12.2 Å². The lowest BCUT2D eigenvalue weighted by Crippen LogP contribution is -2.27. The fourth-order valence-electron chi connectivity index (χ4n) is 2.28. The molecule has 118 valence electrons. The fourth-order valence-corrected chi connectivity index (χ4v) is 2.28. The summed E-state index contributed by atoms with van der Waals surface area (Å²) >= 11 is 0. The van der Waals surface area contributed by atoms with Crippen LogP contribution >= 0.6 is 0 Å². The molecule has 0 fully saturated rings. The number of carbonyl (C=O) groups is 1. The molecule has 2 aromatic heterocycles. The topological polar surface area (TPSA) is 114 Å². The van der Waals surface area contributed by atoms with Gasteiger partial charge in [0.05, 0.1) is 5.56 Å². The molecule has 0 spiro atoms. The number of carbonyl (C=O) groups excluding carboxylic acids is 1. The number of anilines is 1. The van der Waals surface area contributed by atoms with Gasteiger partial charge in [-0.3, -0.25) is 9.89 Å². The highest BCUT2D eigenvalue weighted by Crippen LogP contribution is 2.28. The summed E-state index contributed by atoms with van der Waals surface area (Å²) in [6.45, 7) is 1.92. The Bertz CT molecular complexity index is 824. The quantitative estimate of drug-likeness (QED) is 0.756. The van der Waals surface area contributed by atoms with Crippen molar-refractivity contribution in [1.82, 2.24) is 25.2 Å². The van der Waals surface area contributed by atoms with Gasteiger partial charge in [0.2, 0.25) is 5.89 Å². The molecule has 0 aliphatic carbocycles. The van der Waals surface area contributed by atoms with Gasteiger partial charge in [-0.2, -0.15) is 10.1 Å². The molecule has 0 aliphatic rings. The number of hydrogen-bond acceptors (Lipinski definition) is 6. The number of nitrogens with zero attached hydrogens (tertiary/aromatic N) is 4. The van der Waals surface area contributed by atoms with Gasteiger partial charge in [-0.15, -0.1) is 0 Å². The Morgan fingerprint density at radius 3 is 2.74 bits per heavy atom. The molecule has 23 heavy (non-hydrogen) atoms. The molecule has 0 atom stereocenters. The smallest absolute Gasteiger partial charge is 0.272 e. The molecule has 8 nitrogen and oxygen atoms in total. The van der Waals surface area contributed by atoms with Crippen molar-refractivity contribution < 1.29 is 9.32 Å². The molecule has 8 heteroatoms. The maximum atomic E-state index is 12.7. The van der Waals surface area contributed by atoms with Crippen LogP contribution in [-0.4, -0.2) is 38.2 Å². The lowest BCUT2D eigenvalue weighted by atomic mass is 10.0. The van der Waals surface area contributed by atoms with Crippen molar-refractivity contribution >= 4 is 11.7 Å². The molecular formula is C15H16N6O2. The molecule has 3 N–H and O–H groups in total. The largest absolute Gasteiger partial charge is 0.382 e. The van der Waals surface area contributed by atoms with E-state index in [0.717, 1.165) is 5.56 Å². The Morgan fingerprint density at radius 2 is 2.09 bits per heavy atom. The number of rotatable bonds is 4. The predicted octanol–water partition coefficient (Wildman–Crippen LogP) is 1.62. The van der Waals surface area contributed by atoms with Crippen molar-refractivity contribution in [3.63, 3.8) is 0 Å². The van der Waals surface area contributed by atoms with E-state index in [2.05, 4.69) is 20.3 Å². The summed E-state index contributed by atoms with van der Waals surface area (Å²) in [5.41, 5.74) is 7.65. The van der Waals surface area contributed by atoms with Gasteiger partial charge in [0.25, 0.3) is 5.91 Å². The zero-order valence-electron chi connectivity index (χ0n) is 12.8. The van der Waals surface area contributed by atoms with Gasteiger partial charge in [-0.1, -0.05) is 35.5 Å². The van der Waals surface area contributed by atoms with Crippen LogP contribution in [0.3, 0.4) is 0 Å². The molecule has 0 aliphatic heterocycles. The van der Waals surface area contributed by atoms with E-state index in [4.69, 9.17) is 10.3 Å². The van der Waals surface area contributed by atoms with Gasteiger partial charge in [0.15, 0.2) is 11.6 Å². The standard InChI is InChI=1S/C15H16N6O2/c1-9-17-11(23-20-9)8-21(2)15(22)13-12(14(16)19-18-13)10-6-4-3-5-7-10/h3-7H,8H2,1-2H3,(H3,16,18,19). The van der Waals surface area contributed by atoms with E-state index in [1.165, 1.54) is 4.90 Å². The van der Waals surface area contributed by atoms with Gasteiger partial charge in [-0.25, -0.2) is 0 Å². The number of H-pyrrole nitrogens is 1. The Hall–Kier alpha value is -3.16. The molecule has 1 amide bonds. The van der Waals surface area contributed by atoms with Crippen molar-refractivity contribution in [2.75, 3.05) is 12.8 Å². The first kappa shape index (κ1) is 14.8.